The molecule has 4 rings (SSSR count). The number of nitrogens with zero attached hydrogens (tertiary/aromatic N) is 2. The van der Waals surface area contributed by atoms with E-state index in [-0.39, 0.29) is 5.56 Å². The van der Waals surface area contributed by atoms with E-state index in [1.165, 1.54) is 0 Å². The molecule has 0 N–H and O–H groups in total. The lowest BCUT2D eigenvalue weighted by Crippen LogP contribution is -2.19. The Kier molecular flexibility index (Phi) is 4.24. The van der Waals surface area contributed by atoms with Crippen molar-refractivity contribution in [3.05, 3.63) is 58.0 Å². The standard InChI is InChI=1S/C21H22N2O3/c1-14-7-18(11-22(2)21(14)25)20-9-17-8-15(12-24)3-4-19(17)23(20)10-16-5-6-26-13-16/h3-4,7-9,11-12,16H,5-6,10,13H2,1-2H3. The van der Waals surface area contributed by atoms with Crippen molar-refractivity contribution in [2.24, 2.45) is 13.0 Å². The summed E-state index contributed by atoms with van der Waals surface area (Å²) >= 11 is 0. The molecule has 1 saturated heterocycles. The van der Waals surface area contributed by atoms with E-state index in [0.717, 1.165) is 60.2 Å². The summed E-state index contributed by atoms with van der Waals surface area (Å²) in [5.41, 5.74) is 4.58. The van der Waals surface area contributed by atoms with E-state index in [9.17, 15) is 9.59 Å². The number of aldehydes is 1. The van der Waals surface area contributed by atoms with E-state index in [4.69, 9.17) is 4.74 Å². The molecule has 0 amide bonds. The van der Waals surface area contributed by atoms with Crippen molar-refractivity contribution in [1.82, 2.24) is 9.13 Å². The highest BCUT2D eigenvalue weighted by molar-refractivity contribution is 5.91. The lowest BCUT2D eigenvalue weighted by molar-refractivity contribution is 0.112. The molecule has 0 saturated carbocycles. The molecule has 1 aliphatic heterocycles. The average Bonchev–Trinajstić information content (AvgIpc) is 3.27. The topological polar surface area (TPSA) is 53.2 Å². The zero-order chi connectivity index (χ0) is 18.3. The molecule has 134 valence electrons. The molecule has 0 aliphatic carbocycles. The summed E-state index contributed by atoms with van der Waals surface area (Å²) in [6.45, 7) is 4.29. The molecule has 1 aromatic carbocycles. The van der Waals surface area contributed by atoms with Gasteiger partial charge < -0.3 is 13.9 Å². The normalized spacial score (nSPS) is 17.1. The average molecular weight is 350 g/mol. The van der Waals surface area contributed by atoms with Crippen LogP contribution in [-0.4, -0.2) is 28.6 Å². The number of rotatable bonds is 4. The van der Waals surface area contributed by atoms with E-state index >= 15 is 0 Å². The number of hydrogen-bond donors (Lipinski definition) is 0. The molecule has 5 heteroatoms. The number of carbonyl (C=O) groups is 1. The Balaban J connectivity index is 1.91. The van der Waals surface area contributed by atoms with Crippen LogP contribution in [0.2, 0.25) is 0 Å². The molecule has 1 fully saturated rings. The van der Waals surface area contributed by atoms with Gasteiger partial charge in [0, 0.05) is 59.9 Å². The number of hydrogen-bond acceptors (Lipinski definition) is 3. The molecule has 3 heterocycles. The summed E-state index contributed by atoms with van der Waals surface area (Å²) in [5, 5.41) is 1.04. The minimum absolute atomic E-state index is 0.0174. The van der Waals surface area contributed by atoms with Crippen LogP contribution in [0.25, 0.3) is 22.2 Å². The van der Waals surface area contributed by atoms with Gasteiger partial charge in [0.15, 0.2) is 0 Å². The van der Waals surface area contributed by atoms with Crippen LogP contribution in [0.5, 0.6) is 0 Å². The van der Waals surface area contributed by atoms with Crippen LogP contribution in [0.3, 0.4) is 0 Å². The molecule has 26 heavy (non-hydrogen) atoms. The second-order valence-corrected chi connectivity index (χ2v) is 7.13. The van der Waals surface area contributed by atoms with Crippen LogP contribution in [0.15, 0.2) is 41.3 Å². The van der Waals surface area contributed by atoms with Crippen molar-refractivity contribution < 1.29 is 9.53 Å². The van der Waals surface area contributed by atoms with Gasteiger partial charge in [0.25, 0.3) is 5.56 Å². The Morgan fingerprint density at radius 1 is 1.27 bits per heavy atom. The number of aryl methyl sites for hydroxylation is 2. The summed E-state index contributed by atoms with van der Waals surface area (Å²) in [7, 11) is 1.78. The highest BCUT2D eigenvalue weighted by atomic mass is 16.5. The predicted octanol–water partition coefficient (Wildman–Crippen LogP) is 3.16. The van der Waals surface area contributed by atoms with Crippen molar-refractivity contribution >= 4 is 17.2 Å². The molecule has 1 unspecified atom stereocenters. The van der Waals surface area contributed by atoms with Gasteiger partial charge in [0.2, 0.25) is 0 Å². The Labute approximate surface area is 151 Å². The molecule has 1 aliphatic rings. The number of carbonyl (C=O) groups excluding carboxylic acids is 1. The van der Waals surface area contributed by atoms with Crippen LogP contribution in [0.4, 0.5) is 0 Å². The van der Waals surface area contributed by atoms with Gasteiger partial charge in [0.05, 0.1) is 12.3 Å². The fraction of sp³-hybridized carbons (Fsp3) is 0.333. The lowest BCUT2D eigenvalue weighted by Gasteiger charge is -2.15. The van der Waals surface area contributed by atoms with Crippen LogP contribution in [0, 0.1) is 12.8 Å². The Morgan fingerprint density at radius 2 is 2.12 bits per heavy atom. The fourth-order valence-electron chi connectivity index (χ4n) is 3.80. The van der Waals surface area contributed by atoms with E-state index in [0.29, 0.717) is 11.5 Å². The van der Waals surface area contributed by atoms with E-state index in [1.807, 2.05) is 37.4 Å². The third-order valence-electron chi connectivity index (χ3n) is 5.18. The van der Waals surface area contributed by atoms with Gasteiger partial charge in [-0.25, -0.2) is 0 Å². The number of fused-ring (bicyclic) bond motifs is 1. The van der Waals surface area contributed by atoms with Crippen LogP contribution < -0.4 is 5.56 Å². The van der Waals surface area contributed by atoms with Crippen molar-refractivity contribution in [2.45, 2.75) is 19.9 Å². The Hall–Kier alpha value is -2.66. The van der Waals surface area contributed by atoms with Gasteiger partial charge in [-0.05, 0) is 43.7 Å². The second kappa shape index (κ2) is 6.57. The molecular weight excluding hydrogens is 328 g/mol. The Bertz CT molecular complexity index is 1010. The number of aromatic nitrogens is 2. The van der Waals surface area contributed by atoms with Gasteiger partial charge in [0.1, 0.15) is 6.29 Å². The number of benzene rings is 1. The summed E-state index contributed by atoms with van der Waals surface area (Å²) in [6, 6.07) is 9.83. The van der Waals surface area contributed by atoms with Crippen molar-refractivity contribution in [3.8, 4) is 11.3 Å². The van der Waals surface area contributed by atoms with Gasteiger partial charge in [-0.1, -0.05) is 0 Å². The fourth-order valence-corrected chi connectivity index (χ4v) is 3.80. The molecule has 0 bridgehead atoms. The molecule has 2 aromatic heterocycles. The van der Waals surface area contributed by atoms with Crippen molar-refractivity contribution in [1.29, 1.82) is 0 Å². The predicted molar refractivity (Wildman–Crippen MR) is 102 cm³/mol. The first kappa shape index (κ1) is 16.8. The number of pyridine rings is 1. The van der Waals surface area contributed by atoms with Gasteiger partial charge in [-0.2, -0.15) is 0 Å². The first-order valence-electron chi connectivity index (χ1n) is 8.90. The van der Waals surface area contributed by atoms with Gasteiger partial charge in [-0.15, -0.1) is 0 Å². The Morgan fingerprint density at radius 3 is 2.81 bits per heavy atom. The minimum Gasteiger partial charge on any atom is -0.381 e. The maximum atomic E-state index is 12.1. The maximum absolute atomic E-state index is 12.1. The van der Waals surface area contributed by atoms with Crippen molar-refractivity contribution in [2.75, 3.05) is 13.2 Å². The third kappa shape index (κ3) is 2.88. The smallest absolute Gasteiger partial charge is 0.253 e. The van der Waals surface area contributed by atoms with E-state index in [2.05, 4.69) is 10.6 Å². The summed E-state index contributed by atoms with van der Waals surface area (Å²) in [4.78, 5) is 23.2. The van der Waals surface area contributed by atoms with E-state index < -0.39 is 0 Å². The van der Waals surface area contributed by atoms with Gasteiger partial charge >= 0.3 is 0 Å². The lowest BCUT2D eigenvalue weighted by atomic mass is 10.1. The van der Waals surface area contributed by atoms with Crippen LogP contribution in [0.1, 0.15) is 22.3 Å². The third-order valence-corrected chi connectivity index (χ3v) is 5.18. The molecular formula is C21H22N2O3. The molecule has 1 atom stereocenters. The summed E-state index contributed by atoms with van der Waals surface area (Å²) in [5.74, 6) is 0.476. The SMILES string of the molecule is Cc1cc(-c2cc3cc(C=O)ccc3n2CC2CCOC2)cn(C)c1=O. The highest BCUT2D eigenvalue weighted by Crippen LogP contribution is 2.31. The zero-order valence-corrected chi connectivity index (χ0v) is 15.1. The first-order chi connectivity index (χ1) is 12.6. The van der Waals surface area contributed by atoms with E-state index in [1.54, 1.807) is 11.6 Å². The quantitative estimate of drug-likeness (QED) is 0.679. The minimum atomic E-state index is 0.0174. The second-order valence-electron chi connectivity index (χ2n) is 7.13. The first-order valence-corrected chi connectivity index (χ1v) is 8.90. The highest BCUT2D eigenvalue weighted by Gasteiger charge is 2.20. The monoisotopic (exact) mass is 350 g/mol. The van der Waals surface area contributed by atoms with Crippen LogP contribution in [-0.2, 0) is 18.3 Å². The molecule has 0 radical (unpaired) electrons. The summed E-state index contributed by atoms with van der Waals surface area (Å²) < 4.78 is 9.47. The van der Waals surface area contributed by atoms with Crippen molar-refractivity contribution in [3.63, 3.8) is 0 Å². The molecule has 5 nitrogen and oxygen atoms in total. The number of ether oxygens (including phenoxy) is 1. The zero-order valence-electron chi connectivity index (χ0n) is 15.1. The largest absolute Gasteiger partial charge is 0.381 e. The molecule has 3 aromatic rings. The van der Waals surface area contributed by atoms with Gasteiger partial charge in [-0.3, -0.25) is 9.59 Å². The summed E-state index contributed by atoms with van der Waals surface area (Å²) in [6.07, 6.45) is 3.81. The van der Waals surface area contributed by atoms with Crippen LogP contribution >= 0.6 is 0 Å². The maximum Gasteiger partial charge on any atom is 0.253 e. The molecule has 0 spiro atoms.